The lowest BCUT2D eigenvalue weighted by Crippen LogP contribution is -2.26. The number of rotatable bonds is 11. The van der Waals surface area contributed by atoms with Crippen LogP contribution < -0.4 is 10.1 Å². The summed E-state index contributed by atoms with van der Waals surface area (Å²) in [6, 6.07) is 6.64. The van der Waals surface area contributed by atoms with Crippen molar-refractivity contribution in [2.75, 3.05) is 40.1 Å². The predicted octanol–water partition coefficient (Wildman–Crippen LogP) is 3.03. The van der Waals surface area contributed by atoms with Crippen LogP contribution in [0.25, 0.3) is 0 Å². The van der Waals surface area contributed by atoms with Crippen molar-refractivity contribution >= 4 is 15.9 Å². The molecule has 4 nitrogen and oxygen atoms in total. The van der Waals surface area contributed by atoms with Crippen molar-refractivity contribution in [3.63, 3.8) is 0 Å². The van der Waals surface area contributed by atoms with E-state index >= 15 is 0 Å². The summed E-state index contributed by atoms with van der Waals surface area (Å²) in [5.41, 5.74) is 1.23. The maximum absolute atomic E-state index is 5.61. The van der Waals surface area contributed by atoms with Crippen molar-refractivity contribution in [2.45, 2.75) is 26.3 Å². The normalized spacial score (nSPS) is 11.1. The van der Waals surface area contributed by atoms with Crippen LogP contribution in [0.2, 0.25) is 0 Å². The minimum Gasteiger partial charge on any atom is -0.490 e. The summed E-state index contributed by atoms with van der Waals surface area (Å²) in [7, 11) is 1.66. The van der Waals surface area contributed by atoms with Gasteiger partial charge in [-0.2, -0.15) is 0 Å². The van der Waals surface area contributed by atoms with E-state index in [4.69, 9.17) is 14.2 Å². The Labute approximate surface area is 136 Å². The average Bonchev–Trinajstić information content (AvgIpc) is 2.45. The Morgan fingerprint density at radius 1 is 1.14 bits per heavy atom. The van der Waals surface area contributed by atoms with E-state index < -0.39 is 0 Å². The Morgan fingerprint density at radius 3 is 2.62 bits per heavy atom. The molecule has 1 aromatic carbocycles. The number of benzene rings is 1. The summed E-state index contributed by atoms with van der Waals surface area (Å²) < 4.78 is 17.1. The highest BCUT2D eigenvalue weighted by molar-refractivity contribution is 9.10. The quantitative estimate of drug-likeness (QED) is 0.616. The van der Waals surface area contributed by atoms with Crippen LogP contribution in [0.15, 0.2) is 22.7 Å². The number of methoxy groups -OCH3 is 1. The molecule has 0 aliphatic rings. The molecular formula is C16H26BrNO3. The van der Waals surface area contributed by atoms with Crippen molar-refractivity contribution in [1.29, 1.82) is 0 Å². The average molecular weight is 360 g/mol. The van der Waals surface area contributed by atoms with E-state index in [0.717, 1.165) is 36.4 Å². The fourth-order valence-corrected chi connectivity index (χ4v) is 2.30. The maximum atomic E-state index is 5.61. The SMILES string of the molecule is COCCOc1ccc(CCOCCNC(C)C)cc1Br. The highest BCUT2D eigenvalue weighted by Crippen LogP contribution is 2.26. The Hall–Kier alpha value is -0.620. The first-order valence-electron chi connectivity index (χ1n) is 7.34. The van der Waals surface area contributed by atoms with Gasteiger partial charge in [0.25, 0.3) is 0 Å². The second-order valence-electron chi connectivity index (χ2n) is 5.08. The fraction of sp³-hybridized carbons (Fsp3) is 0.625. The van der Waals surface area contributed by atoms with Gasteiger partial charge in [-0.25, -0.2) is 0 Å². The molecule has 0 spiro atoms. The third-order valence-electron chi connectivity index (χ3n) is 2.88. The van der Waals surface area contributed by atoms with E-state index in [9.17, 15) is 0 Å². The van der Waals surface area contributed by atoms with Crippen molar-refractivity contribution in [3.8, 4) is 5.75 Å². The predicted molar refractivity (Wildman–Crippen MR) is 89.2 cm³/mol. The van der Waals surface area contributed by atoms with Gasteiger partial charge in [-0.3, -0.25) is 0 Å². The molecule has 0 aliphatic carbocycles. The molecule has 0 saturated heterocycles. The van der Waals surface area contributed by atoms with Gasteiger partial charge in [0.2, 0.25) is 0 Å². The number of ether oxygens (including phenoxy) is 3. The maximum Gasteiger partial charge on any atom is 0.133 e. The lowest BCUT2D eigenvalue weighted by atomic mass is 10.1. The number of halogens is 1. The van der Waals surface area contributed by atoms with Crippen molar-refractivity contribution in [2.24, 2.45) is 0 Å². The molecule has 0 amide bonds. The van der Waals surface area contributed by atoms with Crippen LogP contribution in [0, 0.1) is 0 Å². The molecule has 0 aliphatic heterocycles. The zero-order chi connectivity index (χ0) is 15.5. The van der Waals surface area contributed by atoms with Crippen LogP contribution in [0.4, 0.5) is 0 Å². The van der Waals surface area contributed by atoms with Gasteiger partial charge in [0.15, 0.2) is 0 Å². The Balaban J connectivity index is 2.25. The summed E-state index contributed by atoms with van der Waals surface area (Å²) >= 11 is 3.53. The highest BCUT2D eigenvalue weighted by Gasteiger charge is 2.03. The van der Waals surface area contributed by atoms with Gasteiger partial charge < -0.3 is 19.5 Å². The third kappa shape index (κ3) is 8.41. The molecule has 21 heavy (non-hydrogen) atoms. The first-order chi connectivity index (χ1) is 10.1. The molecule has 0 bridgehead atoms. The van der Waals surface area contributed by atoms with Crippen molar-refractivity contribution in [1.82, 2.24) is 5.32 Å². The number of hydrogen-bond donors (Lipinski definition) is 1. The highest BCUT2D eigenvalue weighted by atomic mass is 79.9. The molecule has 0 aromatic heterocycles. The Morgan fingerprint density at radius 2 is 1.95 bits per heavy atom. The van der Waals surface area contributed by atoms with Crippen LogP contribution in [0.3, 0.4) is 0 Å². The van der Waals surface area contributed by atoms with E-state index in [1.54, 1.807) is 7.11 Å². The van der Waals surface area contributed by atoms with Crippen LogP contribution in [-0.4, -0.2) is 46.1 Å². The summed E-state index contributed by atoms with van der Waals surface area (Å²) in [4.78, 5) is 0. The van der Waals surface area contributed by atoms with Crippen LogP contribution >= 0.6 is 15.9 Å². The second-order valence-corrected chi connectivity index (χ2v) is 5.93. The van der Waals surface area contributed by atoms with Gasteiger partial charge in [-0.1, -0.05) is 19.9 Å². The Kier molecular flexibility index (Phi) is 9.67. The van der Waals surface area contributed by atoms with Crippen LogP contribution in [0.1, 0.15) is 19.4 Å². The van der Waals surface area contributed by atoms with Gasteiger partial charge in [0.05, 0.1) is 24.3 Å². The van der Waals surface area contributed by atoms with Gasteiger partial charge in [0.1, 0.15) is 12.4 Å². The molecule has 0 saturated carbocycles. The lowest BCUT2D eigenvalue weighted by molar-refractivity contribution is 0.137. The number of nitrogens with one attached hydrogen (secondary N) is 1. The van der Waals surface area contributed by atoms with Gasteiger partial charge in [0, 0.05) is 19.7 Å². The van der Waals surface area contributed by atoms with Gasteiger partial charge in [-0.05, 0) is 40.0 Å². The minimum absolute atomic E-state index is 0.509. The topological polar surface area (TPSA) is 39.7 Å². The molecule has 1 N–H and O–H groups in total. The first kappa shape index (κ1) is 18.4. The first-order valence-corrected chi connectivity index (χ1v) is 8.14. The smallest absolute Gasteiger partial charge is 0.133 e. The summed E-state index contributed by atoms with van der Waals surface area (Å²) in [5, 5.41) is 3.33. The van der Waals surface area contributed by atoms with E-state index in [2.05, 4.69) is 47.2 Å². The van der Waals surface area contributed by atoms with E-state index in [1.165, 1.54) is 5.56 Å². The largest absolute Gasteiger partial charge is 0.490 e. The summed E-state index contributed by atoms with van der Waals surface area (Å²) in [6.07, 6.45) is 0.901. The van der Waals surface area contributed by atoms with Gasteiger partial charge in [-0.15, -0.1) is 0 Å². The van der Waals surface area contributed by atoms with E-state index in [-0.39, 0.29) is 0 Å². The van der Waals surface area contributed by atoms with Crippen LogP contribution in [-0.2, 0) is 15.9 Å². The van der Waals surface area contributed by atoms with Crippen LogP contribution in [0.5, 0.6) is 5.75 Å². The third-order valence-corrected chi connectivity index (χ3v) is 3.50. The molecule has 120 valence electrons. The lowest BCUT2D eigenvalue weighted by Gasteiger charge is -2.10. The standard InChI is InChI=1S/C16H26BrNO3/c1-13(2)18-7-9-20-8-6-14-4-5-16(15(17)12-14)21-11-10-19-3/h4-5,12-13,18H,6-11H2,1-3H3. The van der Waals surface area contributed by atoms with E-state index in [0.29, 0.717) is 19.3 Å². The second kappa shape index (κ2) is 11.0. The molecule has 0 heterocycles. The fourth-order valence-electron chi connectivity index (χ4n) is 1.76. The zero-order valence-corrected chi connectivity index (χ0v) is 14.7. The molecular weight excluding hydrogens is 334 g/mol. The number of hydrogen-bond acceptors (Lipinski definition) is 4. The van der Waals surface area contributed by atoms with E-state index in [1.807, 2.05) is 6.07 Å². The van der Waals surface area contributed by atoms with Crippen molar-refractivity contribution in [3.05, 3.63) is 28.2 Å². The molecule has 0 fully saturated rings. The minimum atomic E-state index is 0.509. The monoisotopic (exact) mass is 359 g/mol. The molecule has 0 unspecified atom stereocenters. The molecule has 1 rings (SSSR count). The Bertz CT molecular complexity index is 399. The zero-order valence-electron chi connectivity index (χ0n) is 13.2. The van der Waals surface area contributed by atoms with Gasteiger partial charge >= 0.3 is 0 Å². The summed E-state index contributed by atoms with van der Waals surface area (Å²) in [5.74, 6) is 0.845. The van der Waals surface area contributed by atoms with Crippen molar-refractivity contribution < 1.29 is 14.2 Å². The molecule has 0 radical (unpaired) electrons. The molecule has 0 atom stereocenters. The molecule has 5 heteroatoms. The summed E-state index contributed by atoms with van der Waals surface area (Å²) in [6.45, 7) is 7.79. The molecule has 1 aromatic rings.